The molecular weight excluding hydrogens is 206 g/mol. The van der Waals surface area contributed by atoms with Crippen LogP contribution in [0.3, 0.4) is 0 Å². The van der Waals surface area contributed by atoms with E-state index in [-0.39, 0.29) is 0 Å². The third-order valence-electron chi connectivity index (χ3n) is 2.62. The van der Waals surface area contributed by atoms with Crippen LogP contribution in [0.1, 0.15) is 19.3 Å². The Labute approximate surface area is 97.6 Å². The summed E-state index contributed by atoms with van der Waals surface area (Å²) in [6.07, 6.45) is 3.75. The predicted octanol–water partition coefficient (Wildman–Crippen LogP) is 0.450. The number of nitrogens with two attached hydrogens (primary N) is 1. The molecule has 0 amide bonds. The molecule has 1 heterocycles. The van der Waals surface area contributed by atoms with Crippen molar-refractivity contribution in [3.05, 3.63) is 0 Å². The number of likely N-dealkylation sites (tertiary alicyclic amines) is 1. The van der Waals surface area contributed by atoms with Crippen LogP contribution in [0.15, 0.2) is 4.99 Å². The van der Waals surface area contributed by atoms with Crippen molar-refractivity contribution >= 4 is 5.96 Å². The summed E-state index contributed by atoms with van der Waals surface area (Å²) in [5.41, 5.74) is 5.89. The fourth-order valence-corrected chi connectivity index (χ4v) is 1.69. The predicted molar refractivity (Wildman–Crippen MR) is 64.6 cm³/mol. The molecule has 1 saturated heterocycles. The summed E-state index contributed by atoms with van der Waals surface area (Å²) in [7, 11) is 1.66. The van der Waals surface area contributed by atoms with E-state index in [2.05, 4.69) is 9.89 Å². The molecule has 0 aromatic heterocycles. The number of methoxy groups -OCH3 is 1. The van der Waals surface area contributed by atoms with Crippen LogP contribution in [-0.4, -0.2) is 57.4 Å². The van der Waals surface area contributed by atoms with Gasteiger partial charge in [0.05, 0.1) is 26.4 Å². The van der Waals surface area contributed by atoms with Crippen LogP contribution < -0.4 is 5.73 Å². The average Bonchev–Trinajstić information content (AvgIpc) is 2.34. The van der Waals surface area contributed by atoms with Gasteiger partial charge in [-0.15, -0.1) is 0 Å². The lowest BCUT2D eigenvalue weighted by molar-refractivity contribution is 0.0747. The van der Waals surface area contributed by atoms with Gasteiger partial charge in [0, 0.05) is 20.2 Å². The van der Waals surface area contributed by atoms with E-state index in [1.54, 1.807) is 7.11 Å². The van der Waals surface area contributed by atoms with Crippen molar-refractivity contribution < 1.29 is 9.47 Å². The maximum atomic E-state index is 5.89. The van der Waals surface area contributed by atoms with Crippen LogP contribution in [0.5, 0.6) is 0 Å². The number of aliphatic imine (C=N–C) groups is 1. The topological polar surface area (TPSA) is 60.1 Å². The lowest BCUT2D eigenvalue weighted by Crippen LogP contribution is -2.41. The molecule has 1 aliphatic rings. The van der Waals surface area contributed by atoms with E-state index in [1.807, 2.05) is 0 Å². The second-order valence-corrected chi connectivity index (χ2v) is 3.89. The summed E-state index contributed by atoms with van der Waals surface area (Å²) < 4.78 is 10.2. The van der Waals surface area contributed by atoms with Crippen molar-refractivity contribution in [2.24, 2.45) is 10.7 Å². The molecule has 1 aliphatic heterocycles. The maximum Gasteiger partial charge on any atom is 0.191 e. The Morgan fingerprint density at radius 3 is 2.62 bits per heavy atom. The molecule has 0 bridgehead atoms. The highest BCUT2D eigenvalue weighted by atomic mass is 16.5. The molecule has 5 heteroatoms. The smallest absolute Gasteiger partial charge is 0.191 e. The summed E-state index contributed by atoms with van der Waals surface area (Å²) in [5, 5.41) is 0. The molecule has 0 spiro atoms. The Balaban J connectivity index is 2.07. The second-order valence-electron chi connectivity index (χ2n) is 3.89. The molecule has 5 nitrogen and oxygen atoms in total. The van der Waals surface area contributed by atoms with Crippen LogP contribution in [0.2, 0.25) is 0 Å². The molecular formula is C11H23N3O2. The zero-order valence-electron chi connectivity index (χ0n) is 10.2. The number of piperidine rings is 1. The lowest BCUT2D eigenvalue weighted by Gasteiger charge is -2.27. The van der Waals surface area contributed by atoms with Crippen molar-refractivity contribution in [3.8, 4) is 0 Å². The summed E-state index contributed by atoms with van der Waals surface area (Å²) >= 11 is 0. The number of nitrogens with zero attached hydrogens (tertiary/aromatic N) is 2. The van der Waals surface area contributed by atoms with Crippen molar-refractivity contribution in [1.29, 1.82) is 0 Å². The summed E-state index contributed by atoms with van der Waals surface area (Å²) in [6.45, 7) is 4.57. The fourth-order valence-electron chi connectivity index (χ4n) is 1.69. The summed E-state index contributed by atoms with van der Waals surface area (Å²) in [6, 6.07) is 0. The Hall–Kier alpha value is -0.810. The molecule has 0 radical (unpaired) electrons. The molecule has 1 rings (SSSR count). The van der Waals surface area contributed by atoms with Crippen LogP contribution >= 0.6 is 0 Å². The zero-order valence-corrected chi connectivity index (χ0v) is 10.2. The van der Waals surface area contributed by atoms with E-state index < -0.39 is 0 Å². The molecule has 0 atom stereocenters. The molecule has 0 saturated carbocycles. The first-order valence-electron chi connectivity index (χ1n) is 5.96. The van der Waals surface area contributed by atoms with Crippen molar-refractivity contribution in [3.63, 3.8) is 0 Å². The Morgan fingerprint density at radius 1 is 1.19 bits per heavy atom. The first-order chi connectivity index (χ1) is 7.84. The highest BCUT2D eigenvalue weighted by molar-refractivity contribution is 5.78. The van der Waals surface area contributed by atoms with Crippen LogP contribution in [0.25, 0.3) is 0 Å². The summed E-state index contributed by atoms with van der Waals surface area (Å²) in [4.78, 5) is 6.45. The third-order valence-corrected chi connectivity index (χ3v) is 2.62. The SMILES string of the molecule is COCCOCCN=C(N)N1CCCCC1. The van der Waals surface area contributed by atoms with Gasteiger partial charge in [0.1, 0.15) is 0 Å². The number of ether oxygens (including phenoxy) is 2. The largest absolute Gasteiger partial charge is 0.382 e. The van der Waals surface area contributed by atoms with Crippen molar-refractivity contribution in [2.75, 3.05) is 46.6 Å². The first-order valence-corrected chi connectivity index (χ1v) is 5.96. The van der Waals surface area contributed by atoms with Gasteiger partial charge in [-0.05, 0) is 19.3 Å². The number of rotatable bonds is 6. The van der Waals surface area contributed by atoms with Crippen LogP contribution in [0.4, 0.5) is 0 Å². The van der Waals surface area contributed by atoms with Gasteiger partial charge < -0.3 is 20.1 Å². The molecule has 2 N–H and O–H groups in total. The van der Waals surface area contributed by atoms with Crippen molar-refractivity contribution in [1.82, 2.24) is 4.90 Å². The fraction of sp³-hybridized carbons (Fsp3) is 0.909. The van der Waals surface area contributed by atoms with Gasteiger partial charge in [-0.2, -0.15) is 0 Å². The minimum Gasteiger partial charge on any atom is -0.382 e. The van der Waals surface area contributed by atoms with Crippen LogP contribution in [-0.2, 0) is 9.47 Å². The van der Waals surface area contributed by atoms with Gasteiger partial charge in [-0.1, -0.05) is 0 Å². The van der Waals surface area contributed by atoms with Gasteiger partial charge >= 0.3 is 0 Å². The Bertz CT molecular complexity index is 203. The second kappa shape index (κ2) is 8.35. The highest BCUT2D eigenvalue weighted by Gasteiger charge is 2.11. The molecule has 0 unspecified atom stereocenters. The Morgan fingerprint density at radius 2 is 1.94 bits per heavy atom. The Kier molecular flexibility index (Phi) is 6.92. The number of hydrogen-bond acceptors (Lipinski definition) is 3. The summed E-state index contributed by atoms with van der Waals surface area (Å²) in [5.74, 6) is 0.662. The van der Waals surface area contributed by atoms with Crippen molar-refractivity contribution in [2.45, 2.75) is 19.3 Å². The van der Waals surface area contributed by atoms with Gasteiger partial charge in [0.2, 0.25) is 0 Å². The van der Waals surface area contributed by atoms with Gasteiger partial charge in [-0.3, -0.25) is 4.99 Å². The lowest BCUT2D eigenvalue weighted by atomic mass is 10.1. The van der Waals surface area contributed by atoms with Crippen LogP contribution in [0, 0.1) is 0 Å². The van der Waals surface area contributed by atoms with E-state index in [4.69, 9.17) is 15.2 Å². The number of guanidine groups is 1. The van der Waals surface area contributed by atoms with Gasteiger partial charge in [-0.25, -0.2) is 0 Å². The minimum atomic E-state index is 0.609. The molecule has 0 aliphatic carbocycles. The quantitative estimate of drug-likeness (QED) is 0.408. The zero-order chi connectivity index (χ0) is 11.6. The number of hydrogen-bond donors (Lipinski definition) is 1. The van der Waals surface area contributed by atoms with E-state index in [0.29, 0.717) is 32.3 Å². The van der Waals surface area contributed by atoms with Gasteiger partial charge in [0.25, 0.3) is 0 Å². The monoisotopic (exact) mass is 229 g/mol. The standard InChI is InChI=1S/C11H23N3O2/c1-15-9-10-16-8-5-13-11(12)14-6-3-2-4-7-14/h2-10H2,1H3,(H2,12,13). The third kappa shape index (κ3) is 5.32. The maximum absolute atomic E-state index is 5.89. The minimum absolute atomic E-state index is 0.609. The molecule has 0 aromatic rings. The molecule has 16 heavy (non-hydrogen) atoms. The van der Waals surface area contributed by atoms with E-state index in [0.717, 1.165) is 13.1 Å². The highest BCUT2D eigenvalue weighted by Crippen LogP contribution is 2.07. The first kappa shape index (κ1) is 13.3. The molecule has 0 aromatic carbocycles. The molecule has 94 valence electrons. The van der Waals surface area contributed by atoms with E-state index >= 15 is 0 Å². The van der Waals surface area contributed by atoms with E-state index in [9.17, 15) is 0 Å². The normalized spacial score (nSPS) is 17.8. The average molecular weight is 229 g/mol. The van der Waals surface area contributed by atoms with E-state index in [1.165, 1.54) is 19.3 Å². The van der Waals surface area contributed by atoms with Gasteiger partial charge in [0.15, 0.2) is 5.96 Å². The molecule has 1 fully saturated rings.